The fourth-order valence-electron chi connectivity index (χ4n) is 1.84. The van der Waals surface area contributed by atoms with Crippen molar-refractivity contribution in [2.45, 2.75) is 46.5 Å². The van der Waals surface area contributed by atoms with Crippen molar-refractivity contribution in [2.75, 3.05) is 26.3 Å². The van der Waals surface area contributed by atoms with Crippen LogP contribution in [0.5, 0.6) is 0 Å². The van der Waals surface area contributed by atoms with E-state index >= 15 is 0 Å². The second-order valence-electron chi connectivity index (χ2n) is 5.75. The van der Waals surface area contributed by atoms with Gasteiger partial charge >= 0.3 is 11.9 Å². The number of hydrogen-bond donors (Lipinski definition) is 0. The molecular formula is C18H29NO5. The third kappa shape index (κ3) is 10.6. The van der Waals surface area contributed by atoms with Gasteiger partial charge in [-0.2, -0.15) is 0 Å². The van der Waals surface area contributed by atoms with Gasteiger partial charge in [-0.05, 0) is 33.1 Å². The number of carbonyl (C=O) groups excluding carboxylic acids is 3. The third-order valence-electron chi connectivity index (χ3n) is 3.29. The molecule has 0 aromatic rings. The number of hydrogen-bond acceptors (Lipinski definition) is 5. The Kier molecular flexibility index (Phi) is 11.2. The zero-order valence-electron chi connectivity index (χ0n) is 15.1. The number of esters is 2. The number of ether oxygens (including phenoxy) is 2. The molecular weight excluding hydrogens is 310 g/mol. The van der Waals surface area contributed by atoms with Gasteiger partial charge < -0.3 is 14.4 Å². The van der Waals surface area contributed by atoms with Crippen molar-refractivity contribution in [1.82, 2.24) is 4.90 Å². The van der Waals surface area contributed by atoms with Crippen LogP contribution in [0.1, 0.15) is 46.5 Å². The molecule has 0 rings (SSSR count). The molecule has 0 aliphatic rings. The van der Waals surface area contributed by atoms with Crippen LogP contribution >= 0.6 is 0 Å². The van der Waals surface area contributed by atoms with Gasteiger partial charge in [0.1, 0.15) is 6.61 Å². The quantitative estimate of drug-likeness (QED) is 0.310. The minimum absolute atomic E-state index is 0.0447. The summed E-state index contributed by atoms with van der Waals surface area (Å²) in [6, 6.07) is 0. The van der Waals surface area contributed by atoms with Crippen LogP contribution in [0, 0.1) is 0 Å². The average molecular weight is 339 g/mol. The molecule has 0 N–H and O–H groups in total. The maximum absolute atomic E-state index is 11.6. The molecule has 0 saturated heterocycles. The molecule has 0 aromatic heterocycles. The standard InChI is InChI=1S/C18H29NO5/c1-14(2)17(21)23-12-9-7-6-8-10-19(16(5)20)11-13-24-18(22)15(3)4/h1,3,6-13H2,2,4-5H3. The van der Waals surface area contributed by atoms with Crippen LogP contribution in [-0.2, 0) is 23.9 Å². The summed E-state index contributed by atoms with van der Waals surface area (Å²) in [5, 5.41) is 0. The second-order valence-corrected chi connectivity index (χ2v) is 5.75. The fraction of sp³-hybridized carbons (Fsp3) is 0.611. The van der Waals surface area contributed by atoms with E-state index in [1.54, 1.807) is 18.7 Å². The van der Waals surface area contributed by atoms with Gasteiger partial charge in [-0.25, -0.2) is 9.59 Å². The van der Waals surface area contributed by atoms with Crippen molar-refractivity contribution in [2.24, 2.45) is 0 Å². The molecule has 0 heterocycles. The summed E-state index contributed by atoms with van der Waals surface area (Å²) in [7, 11) is 0. The largest absolute Gasteiger partial charge is 0.462 e. The van der Waals surface area contributed by atoms with Gasteiger partial charge in [0, 0.05) is 24.6 Å². The van der Waals surface area contributed by atoms with Crippen LogP contribution in [-0.4, -0.2) is 49.0 Å². The first-order chi connectivity index (χ1) is 11.3. The Balaban J connectivity index is 3.81. The highest BCUT2D eigenvalue weighted by molar-refractivity contribution is 5.87. The molecule has 136 valence electrons. The predicted octanol–water partition coefficient (Wildman–Crippen LogP) is 2.63. The maximum atomic E-state index is 11.6. The Morgan fingerprint density at radius 2 is 1.25 bits per heavy atom. The summed E-state index contributed by atoms with van der Waals surface area (Å²) in [5.74, 6) is -0.846. The van der Waals surface area contributed by atoms with E-state index in [-0.39, 0.29) is 18.5 Å². The van der Waals surface area contributed by atoms with Gasteiger partial charge in [0.2, 0.25) is 5.91 Å². The zero-order valence-corrected chi connectivity index (χ0v) is 15.1. The van der Waals surface area contributed by atoms with E-state index < -0.39 is 5.97 Å². The van der Waals surface area contributed by atoms with Gasteiger partial charge in [-0.1, -0.05) is 19.6 Å². The minimum atomic E-state index is -0.442. The minimum Gasteiger partial charge on any atom is -0.462 e. The topological polar surface area (TPSA) is 72.9 Å². The van der Waals surface area contributed by atoms with Crippen molar-refractivity contribution in [1.29, 1.82) is 0 Å². The second kappa shape index (κ2) is 12.3. The molecule has 0 saturated carbocycles. The van der Waals surface area contributed by atoms with Crippen molar-refractivity contribution < 1.29 is 23.9 Å². The van der Waals surface area contributed by atoms with Crippen LogP contribution < -0.4 is 0 Å². The fourth-order valence-corrected chi connectivity index (χ4v) is 1.84. The van der Waals surface area contributed by atoms with Crippen molar-refractivity contribution >= 4 is 17.8 Å². The van der Waals surface area contributed by atoms with Gasteiger partial charge in [0.25, 0.3) is 0 Å². The van der Waals surface area contributed by atoms with Crippen LogP contribution in [0.4, 0.5) is 0 Å². The van der Waals surface area contributed by atoms with E-state index in [2.05, 4.69) is 13.2 Å². The molecule has 0 spiro atoms. The van der Waals surface area contributed by atoms with Crippen molar-refractivity contribution in [3.63, 3.8) is 0 Å². The van der Waals surface area contributed by atoms with Crippen LogP contribution in [0.3, 0.4) is 0 Å². The Morgan fingerprint density at radius 3 is 1.75 bits per heavy atom. The van der Waals surface area contributed by atoms with Gasteiger partial charge in [0.05, 0.1) is 13.2 Å². The van der Waals surface area contributed by atoms with E-state index in [0.29, 0.717) is 30.8 Å². The third-order valence-corrected chi connectivity index (χ3v) is 3.29. The van der Waals surface area contributed by atoms with Gasteiger partial charge in [-0.15, -0.1) is 0 Å². The van der Waals surface area contributed by atoms with E-state index in [9.17, 15) is 14.4 Å². The monoisotopic (exact) mass is 339 g/mol. The summed E-state index contributed by atoms with van der Waals surface area (Å²) < 4.78 is 10.0. The summed E-state index contributed by atoms with van der Waals surface area (Å²) in [5.41, 5.74) is 0.746. The summed E-state index contributed by atoms with van der Waals surface area (Å²) in [6.45, 7) is 13.3. The molecule has 0 fully saturated rings. The van der Waals surface area contributed by atoms with Crippen LogP contribution in [0.2, 0.25) is 0 Å². The number of rotatable bonds is 12. The van der Waals surface area contributed by atoms with E-state index in [0.717, 1.165) is 25.7 Å². The van der Waals surface area contributed by atoms with E-state index in [1.165, 1.54) is 6.92 Å². The maximum Gasteiger partial charge on any atom is 0.333 e. The van der Waals surface area contributed by atoms with E-state index in [1.807, 2.05) is 0 Å². The smallest absolute Gasteiger partial charge is 0.333 e. The normalized spacial score (nSPS) is 9.96. The van der Waals surface area contributed by atoms with E-state index in [4.69, 9.17) is 9.47 Å². The van der Waals surface area contributed by atoms with Gasteiger partial charge in [0.15, 0.2) is 0 Å². The van der Waals surface area contributed by atoms with Crippen LogP contribution in [0.15, 0.2) is 24.3 Å². The van der Waals surface area contributed by atoms with Crippen LogP contribution in [0.25, 0.3) is 0 Å². The molecule has 0 aromatic carbocycles. The SMILES string of the molecule is C=C(C)C(=O)OCCCCCCN(CCOC(=O)C(=C)C)C(C)=O. The number of unbranched alkanes of at least 4 members (excludes halogenated alkanes) is 3. The lowest BCUT2D eigenvalue weighted by molar-refractivity contribution is -0.141. The molecule has 6 nitrogen and oxygen atoms in total. The summed E-state index contributed by atoms with van der Waals surface area (Å²) in [6.07, 6.45) is 3.48. The molecule has 0 aliphatic carbocycles. The molecule has 0 atom stereocenters. The predicted molar refractivity (Wildman–Crippen MR) is 92.3 cm³/mol. The molecule has 0 bridgehead atoms. The summed E-state index contributed by atoms with van der Waals surface area (Å²) in [4.78, 5) is 35.7. The Labute approximate surface area is 144 Å². The van der Waals surface area contributed by atoms with Crippen molar-refractivity contribution in [3.05, 3.63) is 24.3 Å². The number of amides is 1. The van der Waals surface area contributed by atoms with Gasteiger partial charge in [-0.3, -0.25) is 4.79 Å². The molecule has 6 heteroatoms. The highest BCUT2D eigenvalue weighted by atomic mass is 16.5. The average Bonchev–Trinajstić information content (AvgIpc) is 2.51. The van der Waals surface area contributed by atoms with Crippen molar-refractivity contribution in [3.8, 4) is 0 Å². The zero-order chi connectivity index (χ0) is 18.5. The highest BCUT2D eigenvalue weighted by Gasteiger charge is 2.10. The molecule has 0 radical (unpaired) electrons. The Morgan fingerprint density at radius 1 is 0.750 bits per heavy atom. The first-order valence-electron chi connectivity index (χ1n) is 8.16. The highest BCUT2D eigenvalue weighted by Crippen LogP contribution is 2.04. The molecule has 0 unspecified atom stereocenters. The summed E-state index contributed by atoms with van der Waals surface area (Å²) >= 11 is 0. The first-order valence-corrected chi connectivity index (χ1v) is 8.16. The number of carbonyl (C=O) groups is 3. The Hall–Kier alpha value is -2.11. The number of nitrogens with zero attached hydrogens (tertiary/aromatic N) is 1. The Bertz CT molecular complexity index is 470. The lowest BCUT2D eigenvalue weighted by Gasteiger charge is -2.20. The molecule has 0 aliphatic heterocycles. The first kappa shape index (κ1) is 21.9. The lowest BCUT2D eigenvalue weighted by atomic mass is 10.2. The molecule has 1 amide bonds. The molecule has 24 heavy (non-hydrogen) atoms. The lowest BCUT2D eigenvalue weighted by Crippen LogP contribution is -2.33.